The van der Waals surface area contributed by atoms with Gasteiger partial charge in [0.1, 0.15) is 11.6 Å². The molecule has 110 valence electrons. The second-order valence-corrected chi connectivity index (χ2v) is 4.92. The molecular formula is C16H15ClFNO2. The number of rotatable bonds is 5. The molecule has 0 saturated carbocycles. The van der Waals surface area contributed by atoms with Gasteiger partial charge in [0.2, 0.25) is 5.91 Å². The van der Waals surface area contributed by atoms with Crippen LogP contribution in [0.2, 0.25) is 5.02 Å². The van der Waals surface area contributed by atoms with Crippen molar-refractivity contribution in [1.29, 1.82) is 0 Å². The van der Waals surface area contributed by atoms with Crippen molar-refractivity contribution in [3.8, 4) is 5.75 Å². The predicted octanol–water partition coefficient (Wildman–Crippen LogP) is 3.35. The number of nitrogens with one attached hydrogen (secondary N) is 1. The van der Waals surface area contributed by atoms with Gasteiger partial charge in [0, 0.05) is 6.54 Å². The van der Waals surface area contributed by atoms with Gasteiger partial charge in [-0.1, -0.05) is 35.9 Å². The molecule has 5 heteroatoms. The van der Waals surface area contributed by atoms with Crippen LogP contribution in [-0.2, 0) is 17.8 Å². The molecule has 2 aromatic carbocycles. The van der Waals surface area contributed by atoms with E-state index in [1.54, 1.807) is 30.3 Å². The minimum Gasteiger partial charge on any atom is -0.495 e. The van der Waals surface area contributed by atoms with Crippen molar-refractivity contribution >= 4 is 17.5 Å². The van der Waals surface area contributed by atoms with Crippen LogP contribution in [-0.4, -0.2) is 13.0 Å². The summed E-state index contributed by atoms with van der Waals surface area (Å²) in [4.78, 5) is 11.8. The number of amides is 1. The van der Waals surface area contributed by atoms with Crippen LogP contribution in [0.5, 0.6) is 5.75 Å². The molecule has 0 fully saturated rings. The van der Waals surface area contributed by atoms with Crippen molar-refractivity contribution in [2.75, 3.05) is 7.11 Å². The van der Waals surface area contributed by atoms with Crippen LogP contribution in [0.1, 0.15) is 11.1 Å². The fourth-order valence-corrected chi connectivity index (χ4v) is 2.18. The van der Waals surface area contributed by atoms with E-state index in [0.29, 0.717) is 22.9 Å². The van der Waals surface area contributed by atoms with Crippen molar-refractivity contribution in [1.82, 2.24) is 5.32 Å². The minimum absolute atomic E-state index is 0.0105. The zero-order valence-corrected chi connectivity index (χ0v) is 12.3. The number of benzene rings is 2. The van der Waals surface area contributed by atoms with Gasteiger partial charge in [0.05, 0.1) is 18.6 Å². The number of hydrogen-bond donors (Lipinski definition) is 1. The molecule has 2 rings (SSSR count). The molecular weight excluding hydrogens is 293 g/mol. The lowest BCUT2D eigenvalue weighted by Gasteiger charge is -2.08. The summed E-state index contributed by atoms with van der Waals surface area (Å²) in [5, 5.41) is 3.22. The minimum atomic E-state index is -0.375. The molecule has 0 aromatic heterocycles. The van der Waals surface area contributed by atoms with Crippen molar-refractivity contribution in [3.63, 3.8) is 0 Å². The van der Waals surface area contributed by atoms with E-state index >= 15 is 0 Å². The molecule has 0 aliphatic carbocycles. The Labute approximate surface area is 127 Å². The van der Waals surface area contributed by atoms with Crippen LogP contribution >= 0.6 is 11.6 Å². The molecule has 0 aliphatic rings. The molecule has 21 heavy (non-hydrogen) atoms. The van der Waals surface area contributed by atoms with E-state index in [0.717, 1.165) is 5.56 Å². The number of halogens is 2. The summed E-state index contributed by atoms with van der Waals surface area (Å²) < 4.78 is 18.5. The summed E-state index contributed by atoms with van der Waals surface area (Å²) in [5.74, 6) is -0.0368. The highest BCUT2D eigenvalue weighted by atomic mass is 35.5. The fourth-order valence-electron chi connectivity index (χ4n) is 1.90. The zero-order valence-electron chi connectivity index (χ0n) is 11.5. The quantitative estimate of drug-likeness (QED) is 0.920. The highest BCUT2D eigenvalue weighted by Gasteiger charge is 2.08. The molecule has 1 amide bonds. The Balaban J connectivity index is 1.92. The van der Waals surface area contributed by atoms with E-state index in [2.05, 4.69) is 5.32 Å². The highest BCUT2D eigenvalue weighted by Crippen LogP contribution is 2.24. The number of methoxy groups -OCH3 is 1. The van der Waals surface area contributed by atoms with Crippen LogP contribution in [0.25, 0.3) is 0 Å². The first-order chi connectivity index (χ1) is 10.1. The van der Waals surface area contributed by atoms with Crippen molar-refractivity contribution in [2.45, 2.75) is 13.0 Å². The van der Waals surface area contributed by atoms with Crippen molar-refractivity contribution < 1.29 is 13.9 Å². The van der Waals surface area contributed by atoms with Gasteiger partial charge >= 0.3 is 0 Å². The van der Waals surface area contributed by atoms with E-state index in [-0.39, 0.29) is 18.1 Å². The number of hydrogen-bond acceptors (Lipinski definition) is 2. The molecule has 0 bridgehead atoms. The van der Waals surface area contributed by atoms with Gasteiger partial charge < -0.3 is 10.1 Å². The van der Waals surface area contributed by atoms with Gasteiger partial charge in [-0.2, -0.15) is 0 Å². The van der Waals surface area contributed by atoms with Crippen LogP contribution in [0.3, 0.4) is 0 Å². The lowest BCUT2D eigenvalue weighted by molar-refractivity contribution is -0.120. The zero-order chi connectivity index (χ0) is 15.2. The van der Waals surface area contributed by atoms with Crippen LogP contribution in [0.15, 0.2) is 42.5 Å². The van der Waals surface area contributed by atoms with E-state index < -0.39 is 0 Å². The number of carbonyl (C=O) groups excluding carboxylic acids is 1. The summed E-state index contributed by atoms with van der Waals surface area (Å²) in [5.41, 5.74) is 1.23. The summed E-state index contributed by atoms with van der Waals surface area (Å²) >= 11 is 6.01. The van der Waals surface area contributed by atoms with Gasteiger partial charge in [-0.3, -0.25) is 4.79 Å². The Bertz CT molecular complexity index is 646. The normalized spacial score (nSPS) is 10.2. The summed E-state index contributed by atoms with van der Waals surface area (Å²) in [6, 6.07) is 11.5. The SMILES string of the molecule is COc1ccc(CNC(=O)Cc2ccccc2F)cc1Cl. The molecule has 0 radical (unpaired) electrons. The molecule has 0 spiro atoms. The first-order valence-corrected chi connectivity index (χ1v) is 6.80. The standard InChI is InChI=1S/C16H15ClFNO2/c1-21-15-7-6-11(8-13(15)17)10-19-16(20)9-12-4-2-3-5-14(12)18/h2-8H,9-10H2,1H3,(H,19,20). The van der Waals surface area contributed by atoms with Gasteiger partial charge in [0.15, 0.2) is 0 Å². The van der Waals surface area contributed by atoms with Crippen molar-refractivity contribution in [3.05, 3.63) is 64.4 Å². The van der Waals surface area contributed by atoms with Crippen LogP contribution in [0, 0.1) is 5.82 Å². The third-order valence-corrected chi connectivity index (χ3v) is 3.31. The maximum absolute atomic E-state index is 13.4. The van der Waals surface area contributed by atoms with Gasteiger partial charge in [-0.25, -0.2) is 4.39 Å². The largest absolute Gasteiger partial charge is 0.495 e. The molecule has 0 unspecified atom stereocenters. The van der Waals surface area contributed by atoms with E-state index in [4.69, 9.17) is 16.3 Å². The Morgan fingerprint density at radius 1 is 1.29 bits per heavy atom. The lowest BCUT2D eigenvalue weighted by Crippen LogP contribution is -2.24. The van der Waals surface area contributed by atoms with Gasteiger partial charge in [0.25, 0.3) is 0 Å². The second-order valence-electron chi connectivity index (χ2n) is 4.51. The number of carbonyl (C=O) groups is 1. The maximum Gasteiger partial charge on any atom is 0.224 e. The molecule has 1 N–H and O–H groups in total. The fraction of sp³-hybridized carbons (Fsp3) is 0.188. The molecule has 0 saturated heterocycles. The first-order valence-electron chi connectivity index (χ1n) is 6.42. The van der Waals surface area contributed by atoms with Crippen LogP contribution in [0.4, 0.5) is 4.39 Å². The van der Waals surface area contributed by atoms with Crippen LogP contribution < -0.4 is 10.1 Å². The smallest absolute Gasteiger partial charge is 0.224 e. The third-order valence-electron chi connectivity index (χ3n) is 3.01. The Kier molecular flexibility index (Phi) is 5.17. The van der Waals surface area contributed by atoms with E-state index in [9.17, 15) is 9.18 Å². The summed E-state index contributed by atoms with van der Waals surface area (Å²) in [6.07, 6.45) is 0.0105. The Hall–Kier alpha value is -2.07. The predicted molar refractivity (Wildman–Crippen MR) is 80.0 cm³/mol. The summed E-state index contributed by atoms with van der Waals surface area (Å²) in [6.45, 7) is 0.330. The highest BCUT2D eigenvalue weighted by molar-refractivity contribution is 6.32. The molecule has 2 aromatic rings. The molecule has 0 atom stereocenters. The van der Waals surface area contributed by atoms with E-state index in [1.165, 1.54) is 13.2 Å². The number of ether oxygens (including phenoxy) is 1. The average Bonchev–Trinajstić information content (AvgIpc) is 2.48. The molecule has 3 nitrogen and oxygen atoms in total. The topological polar surface area (TPSA) is 38.3 Å². The second kappa shape index (κ2) is 7.09. The van der Waals surface area contributed by atoms with Gasteiger partial charge in [-0.15, -0.1) is 0 Å². The first kappa shape index (κ1) is 15.3. The Morgan fingerprint density at radius 2 is 2.05 bits per heavy atom. The Morgan fingerprint density at radius 3 is 2.71 bits per heavy atom. The maximum atomic E-state index is 13.4. The average molecular weight is 308 g/mol. The monoisotopic (exact) mass is 307 g/mol. The third kappa shape index (κ3) is 4.20. The van der Waals surface area contributed by atoms with Crippen molar-refractivity contribution in [2.24, 2.45) is 0 Å². The van der Waals surface area contributed by atoms with Gasteiger partial charge in [-0.05, 0) is 29.3 Å². The van der Waals surface area contributed by atoms with E-state index in [1.807, 2.05) is 6.07 Å². The molecule has 0 heterocycles. The molecule has 0 aliphatic heterocycles. The lowest BCUT2D eigenvalue weighted by atomic mass is 10.1. The summed E-state index contributed by atoms with van der Waals surface area (Å²) in [7, 11) is 1.54.